The average Bonchev–Trinajstić information content (AvgIpc) is 3.55. The fraction of sp³-hybridized carbons (Fsp3) is 0.943. The third-order valence-electron chi connectivity index (χ3n) is 16.3. The second-order valence-corrected chi connectivity index (χ2v) is 28.7. The van der Waals surface area contributed by atoms with Crippen molar-refractivity contribution in [3.05, 3.63) is 0 Å². The number of esters is 4. The molecule has 89 heavy (non-hydrogen) atoms. The van der Waals surface area contributed by atoms with Crippen molar-refractivity contribution in [3.8, 4) is 0 Å². The Balaban J connectivity index is 5.15. The van der Waals surface area contributed by atoms with Crippen molar-refractivity contribution in [1.82, 2.24) is 0 Å². The number of aliphatic hydroxyl groups is 1. The highest BCUT2D eigenvalue weighted by atomic mass is 31.2. The molecule has 0 radical (unpaired) electrons. The second kappa shape index (κ2) is 63.5. The molecule has 0 bridgehead atoms. The molecule has 0 saturated carbocycles. The second-order valence-electron chi connectivity index (χ2n) is 25.7. The molecule has 2 unspecified atom stereocenters. The zero-order chi connectivity index (χ0) is 65.6. The molecular formula is C70H136O17P2. The Morgan fingerprint density at radius 2 is 0.517 bits per heavy atom. The van der Waals surface area contributed by atoms with E-state index in [1.807, 2.05) is 0 Å². The van der Waals surface area contributed by atoms with Crippen LogP contribution in [0.1, 0.15) is 362 Å². The molecular weight excluding hydrogens is 1170 g/mol. The van der Waals surface area contributed by atoms with Gasteiger partial charge in [0, 0.05) is 25.7 Å². The molecule has 0 fully saturated rings. The molecule has 0 aromatic heterocycles. The monoisotopic (exact) mass is 1310 g/mol. The van der Waals surface area contributed by atoms with Crippen LogP contribution in [0.2, 0.25) is 0 Å². The normalized spacial score (nSPS) is 14.1. The minimum atomic E-state index is -4.95. The van der Waals surface area contributed by atoms with Crippen molar-refractivity contribution in [2.75, 3.05) is 39.6 Å². The van der Waals surface area contributed by atoms with Crippen molar-refractivity contribution in [2.24, 2.45) is 5.92 Å². The predicted octanol–water partition coefficient (Wildman–Crippen LogP) is 20.1. The SMILES string of the molecule is CCCCCCCCCCCCCCCCCCCCCCC(=O)O[C@H](COC(=O)CCCCCCCCCCCC)COP(=O)(O)OC[C@@H](O)COP(=O)(O)OC[C@@H](COC(=O)CCCCCCCCC(C)C)OC(=O)CCCCCCCCCCCC. The first-order chi connectivity index (χ1) is 43.0. The highest BCUT2D eigenvalue weighted by molar-refractivity contribution is 7.47. The molecule has 0 aromatic carbocycles. The van der Waals surface area contributed by atoms with E-state index in [-0.39, 0.29) is 25.7 Å². The number of carbonyl (C=O) groups is 4. The third kappa shape index (κ3) is 64.6. The van der Waals surface area contributed by atoms with Gasteiger partial charge in [-0.05, 0) is 31.6 Å². The first kappa shape index (κ1) is 87.1. The van der Waals surface area contributed by atoms with Gasteiger partial charge in [0.1, 0.15) is 19.3 Å². The van der Waals surface area contributed by atoms with Gasteiger partial charge in [-0.2, -0.15) is 0 Å². The van der Waals surface area contributed by atoms with Gasteiger partial charge in [0.25, 0.3) is 0 Å². The number of hydrogen-bond acceptors (Lipinski definition) is 15. The van der Waals surface area contributed by atoms with Gasteiger partial charge in [-0.15, -0.1) is 0 Å². The van der Waals surface area contributed by atoms with Gasteiger partial charge in [-0.3, -0.25) is 37.3 Å². The summed E-state index contributed by atoms with van der Waals surface area (Å²) in [5, 5.41) is 10.6. The molecule has 0 rings (SSSR count). The molecule has 528 valence electrons. The first-order valence-corrected chi connectivity index (χ1v) is 39.6. The summed E-state index contributed by atoms with van der Waals surface area (Å²) in [6, 6.07) is 0. The van der Waals surface area contributed by atoms with Gasteiger partial charge in [0.05, 0.1) is 26.4 Å². The summed E-state index contributed by atoms with van der Waals surface area (Å²) >= 11 is 0. The number of rotatable bonds is 70. The van der Waals surface area contributed by atoms with Crippen molar-refractivity contribution in [3.63, 3.8) is 0 Å². The number of phosphoric ester groups is 2. The average molecular weight is 1310 g/mol. The van der Waals surface area contributed by atoms with Gasteiger partial charge < -0.3 is 33.8 Å². The summed E-state index contributed by atoms with van der Waals surface area (Å²) in [5.41, 5.74) is 0. The van der Waals surface area contributed by atoms with E-state index < -0.39 is 97.5 Å². The van der Waals surface area contributed by atoms with Crippen LogP contribution in [0.4, 0.5) is 0 Å². The molecule has 0 spiro atoms. The fourth-order valence-corrected chi connectivity index (χ4v) is 12.2. The Bertz CT molecular complexity index is 1720. The molecule has 0 aliphatic rings. The lowest BCUT2D eigenvalue weighted by molar-refractivity contribution is -0.161. The van der Waals surface area contributed by atoms with E-state index in [2.05, 4.69) is 34.6 Å². The molecule has 19 heteroatoms. The summed E-state index contributed by atoms with van der Waals surface area (Å²) in [7, 11) is -9.89. The number of phosphoric acid groups is 2. The zero-order valence-electron chi connectivity index (χ0n) is 57.6. The van der Waals surface area contributed by atoms with E-state index in [4.69, 9.17) is 37.0 Å². The van der Waals surface area contributed by atoms with Crippen LogP contribution < -0.4 is 0 Å². The lowest BCUT2D eigenvalue weighted by Gasteiger charge is -2.21. The maximum atomic E-state index is 13.0. The Labute approximate surface area is 543 Å². The molecule has 17 nitrogen and oxygen atoms in total. The quantitative estimate of drug-likeness (QED) is 0.0222. The van der Waals surface area contributed by atoms with Crippen molar-refractivity contribution in [2.45, 2.75) is 380 Å². The van der Waals surface area contributed by atoms with Gasteiger partial charge in [0.15, 0.2) is 12.2 Å². The van der Waals surface area contributed by atoms with Crippen LogP contribution in [-0.4, -0.2) is 96.7 Å². The Morgan fingerprint density at radius 3 is 0.764 bits per heavy atom. The van der Waals surface area contributed by atoms with Crippen molar-refractivity contribution < 1.29 is 80.2 Å². The molecule has 0 aliphatic heterocycles. The van der Waals surface area contributed by atoms with E-state index in [1.165, 1.54) is 180 Å². The van der Waals surface area contributed by atoms with E-state index in [0.29, 0.717) is 31.6 Å². The van der Waals surface area contributed by atoms with Gasteiger partial charge in [-0.1, -0.05) is 311 Å². The summed E-state index contributed by atoms with van der Waals surface area (Å²) in [6.45, 7) is 7.14. The van der Waals surface area contributed by atoms with Gasteiger partial charge in [0.2, 0.25) is 0 Å². The van der Waals surface area contributed by atoms with Crippen LogP contribution in [0, 0.1) is 5.92 Å². The minimum Gasteiger partial charge on any atom is -0.462 e. The summed E-state index contributed by atoms with van der Waals surface area (Å²) in [6.07, 6.45) is 50.2. The standard InChI is InChI=1S/C70H136O17P2/c1-6-9-12-15-18-21-24-25-26-27-28-29-30-31-32-33-36-39-46-51-56-70(75)86-65(59-80-67(72)53-48-43-37-34-22-19-16-13-10-7-2)61-84-88(76,77)82-57-64(71)58-83-89(78,79)85-62-66(60-81-68(73)54-49-44-41-40-42-47-52-63(4)5)87-69(74)55-50-45-38-35-23-20-17-14-11-8-3/h63-66,71H,6-62H2,1-5H3,(H,76,77)(H,78,79)/t64-,65-,66-/m1/s1. The number of carbonyl (C=O) groups excluding carboxylic acids is 4. The van der Waals surface area contributed by atoms with Crippen LogP contribution in [0.3, 0.4) is 0 Å². The lowest BCUT2D eigenvalue weighted by atomic mass is 10.0. The van der Waals surface area contributed by atoms with Crippen molar-refractivity contribution >= 4 is 39.5 Å². The van der Waals surface area contributed by atoms with Gasteiger partial charge >= 0.3 is 39.5 Å². The largest absolute Gasteiger partial charge is 0.472 e. The Kier molecular flexibility index (Phi) is 62.1. The maximum absolute atomic E-state index is 13.0. The molecule has 0 aromatic rings. The molecule has 5 atom stereocenters. The molecule has 0 aliphatic carbocycles. The molecule has 0 heterocycles. The third-order valence-corrected chi connectivity index (χ3v) is 18.2. The smallest absolute Gasteiger partial charge is 0.462 e. The number of aliphatic hydroxyl groups excluding tert-OH is 1. The highest BCUT2D eigenvalue weighted by Crippen LogP contribution is 2.45. The Morgan fingerprint density at radius 1 is 0.303 bits per heavy atom. The van der Waals surface area contributed by atoms with Gasteiger partial charge in [-0.25, -0.2) is 9.13 Å². The van der Waals surface area contributed by atoms with Crippen LogP contribution in [0.25, 0.3) is 0 Å². The predicted molar refractivity (Wildman–Crippen MR) is 358 cm³/mol. The summed E-state index contributed by atoms with van der Waals surface area (Å²) < 4.78 is 68.2. The Hall–Kier alpha value is -1.94. The highest BCUT2D eigenvalue weighted by Gasteiger charge is 2.30. The summed E-state index contributed by atoms with van der Waals surface area (Å²) in [5.74, 6) is -1.45. The first-order valence-electron chi connectivity index (χ1n) is 36.6. The van der Waals surface area contributed by atoms with E-state index in [0.717, 1.165) is 96.3 Å². The van der Waals surface area contributed by atoms with Crippen LogP contribution in [0.15, 0.2) is 0 Å². The maximum Gasteiger partial charge on any atom is 0.472 e. The molecule has 0 saturated heterocycles. The van der Waals surface area contributed by atoms with Crippen molar-refractivity contribution in [1.29, 1.82) is 0 Å². The lowest BCUT2D eigenvalue weighted by Crippen LogP contribution is -2.30. The van der Waals surface area contributed by atoms with E-state index in [1.54, 1.807) is 0 Å². The molecule has 3 N–H and O–H groups in total. The van der Waals surface area contributed by atoms with E-state index in [9.17, 15) is 43.2 Å². The number of unbranched alkanes of at least 4 members (excludes halogenated alkanes) is 42. The van der Waals surface area contributed by atoms with Crippen LogP contribution in [0.5, 0.6) is 0 Å². The molecule has 0 amide bonds. The van der Waals surface area contributed by atoms with Crippen LogP contribution in [-0.2, 0) is 65.4 Å². The number of hydrogen-bond donors (Lipinski definition) is 3. The minimum absolute atomic E-state index is 0.106. The number of ether oxygens (including phenoxy) is 4. The summed E-state index contributed by atoms with van der Waals surface area (Å²) in [4.78, 5) is 72.4. The topological polar surface area (TPSA) is 237 Å². The zero-order valence-corrected chi connectivity index (χ0v) is 59.4. The van der Waals surface area contributed by atoms with Crippen LogP contribution >= 0.6 is 15.6 Å². The van der Waals surface area contributed by atoms with E-state index >= 15 is 0 Å². The fourth-order valence-electron chi connectivity index (χ4n) is 10.6.